The molecule has 7 nitrogen and oxygen atoms in total. The summed E-state index contributed by atoms with van der Waals surface area (Å²) in [5.41, 5.74) is 1.02. The molecule has 0 saturated carbocycles. The fraction of sp³-hybridized carbons (Fsp3) is 0.438. The smallest absolute Gasteiger partial charge is 0.363 e. The number of aliphatic hydroxyl groups excluding tert-OH is 1. The predicted octanol–water partition coefficient (Wildman–Crippen LogP) is 1.40. The SMILES string of the molecule is CCCc1ccccc1C(=O)ON(C(=O)CC)[C@@H](CO)C(=O)O. The molecular weight excluding hydrogens is 302 g/mol. The zero-order valence-electron chi connectivity index (χ0n) is 13.2. The molecule has 2 N–H and O–H groups in total. The fourth-order valence-electron chi connectivity index (χ4n) is 2.04. The Balaban J connectivity index is 3.06. The van der Waals surface area contributed by atoms with Crippen LogP contribution in [0.4, 0.5) is 0 Å². The van der Waals surface area contributed by atoms with E-state index in [1.807, 2.05) is 6.92 Å². The van der Waals surface area contributed by atoms with Crippen molar-refractivity contribution in [3.63, 3.8) is 0 Å². The summed E-state index contributed by atoms with van der Waals surface area (Å²) in [4.78, 5) is 40.3. The number of carbonyl (C=O) groups is 3. The van der Waals surface area contributed by atoms with Gasteiger partial charge < -0.3 is 15.1 Å². The second-order valence-corrected chi connectivity index (χ2v) is 4.90. The molecule has 1 atom stereocenters. The van der Waals surface area contributed by atoms with Gasteiger partial charge in [0.05, 0.1) is 12.2 Å². The van der Waals surface area contributed by atoms with Crippen LogP contribution in [0.15, 0.2) is 24.3 Å². The Morgan fingerprint density at radius 1 is 1.22 bits per heavy atom. The van der Waals surface area contributed by atoms with Gasteiger partial charge in [0.1, 0.15) is 0 Å². The molecule has 126 valence electrons. The summed E-state index contributed by atoms with van der Waals surface area (Å²) in [6, 6.07) is 5.13. The average molecular weight is 323 g/mol. The average Bonchev–Trinajstić information content (AvgIpc) is 2.54. The maximum absolute atomic E-state index is 12.3. The summed E-state index contributed by atoms with van der Waals surface area (Å²) in [7, 11) is 0. The highest BCUT2D eigenvalue weighted by atomic mass is 16.7. The number of hydrogen-bond donors (Lipinski definition) is 2. The Morgan fingerprint density at radius 3 is 2.39 bits per heavy atom. The van der Waals surface area contributed by atoms with Crippen molar-refractivity contribution >= 4 is 17.8 Å². The van der Waals surface area contributed by atoms with Gasteiger partial charge >= 0.3 is 11.9 Å². The van der Waals surface area contributed by atoms with E-state index in [0.717, 1.165) is 12.0 Å². The van der Waals surface area contributed by atoms with Crippen LogP contribution in [0.25, 0.3) is 0 Å². The van der Waals surface area contributed by atoms with E-state index < -0.39 is 30.5 Å². The fourth-order valence-corrected chi connectivity index (χ4v) is 2.04. The van der Waals surface area contributed by atoms with E-state index in [0.29, 0.717) is 11.5 Å². The number of aliphatic carboxylic acids is 1. The first-order valence-electron chi connectivity index (χ1n) is 7.42. The molecule has 1 rings (SSSR count). The maximum atomic E-state index is 12.3. The summed E-state index contributed by atoms with van der Waals surface area (Å²) < 4.78 is 0. The minimum atomic E-state index is -1.63. The molecular formula is C16H21NO6. The van der Waals surface area contributed by atoms with Crippen molar-refractivity contribution in [2.24, 2.45) is 0 Å². The molecule has 0 aliphatic carbocycles. The molecule has 0 bridgehead atoms. The number of aliphatic hydroxyl groups is 1. The number of carboxylic acid groups (broad SMARTS) is 1. The predicted molar refractivity (Wildman–Crippen MR) is 81.5 cm³/mol. The number of rotatable bonds is 7. The van der Waals surface area contributed by atoms with Gasteiger partial charge in [0.15, 0.2) is 6.04 Å². The van der Waals surface area contributed by atoms with Crippen LogP contribution in [-0.4, -0.2) is 45.8 Å². The normalized spacial score (nSPS) is 11.6. The number of hydroxylamine groups is 2. The van der Waals surface area contributed by atoms with Crippen molar-refractivity contribution in [2.75, 3.05) is 6.61 Å². The van der Waals surface area contributed by atoms with E-state index in [1.54, 1.807) is 24.3 Å². The number of amides is 1. The first kappa shape index (κ1) is 18.6. The zero-order chi connectivity index (χ0) is 17.4. The Hall–Kier alpha value is -2.41. The van der Waals surface area contributed by atoms with Gasteiger partial charge in [-0.3, -0.25) is 4.79 Å². The van der Waals surface area contributed by atoms with Gasteiger partial charge in [0.25, 0.3) is 5.91 Å². The van der Waals surface area contributed by atoms with Crippen LogP contribution >= 0.6 is 0 Å². The van der Waals surface area contributed by atoms with E-state index >= 15 is 0 Å². The largest absolute Gasteiger partial charge is 0.480 e. The highest BCUT2D eigenvalue weighted by Gasteiger charge is 2.32. The van der Waals surface area contributed by atoms with Crippen molar-refractivity contribution in [1.29, 1.82) is 0 Å². The second kappa shape index (κ2) is 8.89. The lowest BCUT2D eigenvalue weighted by molar-refractivity contribution is -0.190. The van der Waals surface area contributed by atoms with Crippen LogP contribution in [0.2, 0.25) is 0 Å². The molecule has 1 amide bonds. The summed E-state index contributed by atoms with van der Waals surface area (Å²) in [5.74, 6) is -2.98. The van der Waals surface area contributed by atoms with Crippen LogP contribution in [0.3, 0.4) is 0 Å². The van der Waals surface area contributed by atoms with E-state index in [1.165, 1.54) is 6.92 Å². The molecule has 1 aromatic carbocycles. The molecule has 0 aliphatic heterocycles. The lowest BCUT2D eigenvalue weighted by Crippen LogP contribution is -2.48. The lowest BCUT2D eigenvalue weighted by Gasteiger charge is -2.25. The second-order valence-electron chi connectivity index (χ2n) is 4.90. The van der Waals surface area contributed by atoms with E-state index in [2.05, 4.69) is 0 Å². The van der Waals surface area contributed by atoms with Gasteiger partial charge in [-0.1, -0.05) is 38.5 Å². The number of carbonyl (C=O) groups excluding carboxylic acids is 2. The molecule has 0 saturated heterocycles. The third-order valence-corrected chi connectivity index (χ3v) is 3.23. The molecule has 23 heavy (non-hydrogen) atoms. The van der Waals surface area contributed by atoms with Crippen LogP contribution in [-0.2, 0) is 20.8 Å². The minimum absolute atomic E-state index is 0.0618. The summed E-state index contributed by atoms with van der Waals surface area (Å²) >= 11 is 0. The Kier molecular flexibility index (Phi) is 7.21. The number of aryl methyl sites for hydroxylation is 1. The third kappa shape index (κ3) is 4.79. The standard InChI is InChI=1S/C16H21NO6/c1-3-7-11-8-5-6-9-12(11)16(22)23-17(14(19)4-2)13(10-18)15(20)21/h5-6,8-9,13,18H,3-4,7,10H2,1-2H3,(H,20,21)/t13-/m0/s1. The van der Waals surface area contributed by atoms with Gasteiger partial charge in [-0.05, 0) is 18.1 Å². The van der Waals surface area contributed by atoms with Crippen LogP contribution < -0.4 is 0 Å². The number of benzene rings is 1. The number of nitrogens with zero attached hydrogens (tertiary/aromatic N) is 1. The topological polar surface area (TPSA) is 104 Å². The lowest BCUT2D eigenvalue weighted by atomic mass is 10.0. The third-order valence-electron chi connectivity index (χ3n) is 3.23. The van der Waals surface area contributed by atoms with Gasteiger partial charge in [0, 0.05) is 6.42 Å². The Labute approximate surface area is 134 Å². The number of carboxylic acids is 1. The van der Waals surface area contributed by atoms with Crippen LogP contribution in [0.5, 0.6) is 0 Å². The molecule has 0 radical (unpaired) electrons. The van der Waals surface area contributed by atoms with E-state index in [9.17, 15) is 14.4 Å². The molecule has 0 spiro atoms. The van der Waals surface area contributed by atoms with E-state index in [4.69, 9.17) is 15.1 Å². The highest BCUT2D eigenvalue weighted by molar-refractivity contribution is 5.92. The summed E-state index contributed by atoms with van der Waals surface area (Å²) in [6.07, 6.45) is 1.40. The van der Waals surface area contributed by atoms with Crippen molar-refractivity contribution < 1.29 is 29.4 Å². The van der Waals surface area contributed by atoms with Crippen molar-refractivity contribution in [3.05, 3.63) is 35.4 Å². The van der Waals surface area contributed by atoms with Crippen molar-refractivity contribution in [3.8, 4) is 0 Å². The number of hydrogen-bond acceptors (Lipinski definition) is 5. The molecule has 1 aromatic rings. The van der Waals surface area contributed by atoms with Gasteiger partial charge in [0.2, 0.25) is 0 Å². The van der Waals surface area contributed by atoms with Crippen molar-refractivity contribution in [1.82, 2.24) is 5.06 Å². The molecule has 0 fully saturated rings. The molecule has 0 heterocycles. The maximum Gasteiger partial charge on any atom is 0.363 e. The first-order valence-corrected chi connectivity index (χ1v) is 7.42. The van der Waals surface area contributed by atoms with Crippen LogP contribution in [0, 0.1) is 0 Å². The van der Waals surface area contributed by atoms with E-state index in [-0.39, 0.29) is 12.0 Å². The molecule has 0 aromatic heterocycles. The quantitative estimate of drug-likeness (QED) is 0.735. The van der Waals surface area contributed by atoms with Gasteiger partial charge in [-0.15, -0.1) is 0 Å². The van der Waals surface area contributed by atoms with Crippen molar-refractivity contribution in [2.45, 2.75) is 39.2 Å². The van der Waals surface area contributed by atoms with Crippen LogP contribution in [0.1, 0.15) is 42.6 Å². The highest BCUT2D eigenvalue weighted by Crippen LogP contribution is 2.15. The van der Waals surface area contributed by atoms with Gasteiger partial charge in [-0.2, -0.15) is 5.06 Å². The molecule has 0 aliphatic rings. The summed E-state index contributed by atoms with van der Waals surface area (Å²) in [5, 5.41) is 18.7. The Morgan fingerprint density at radius 2 is 1.87 bits per heavy atom. The van der Waals surface area contributed by atoms with Gasteiger partial charge in [-0.25, -0.2) is 9.59 Å². The molecule has 0 unspecified atom stereocenters. The zero-order valence-corrected chi connectivity index (χ0v) is 13.2. The summed E-state index contributed by atoms with van der Waals surface area (Å²) in [6.45, 7) is 2.61. The minimum Gasteiger partial charge on any atom is -0.480 e. The molecule has 7 heteroatoms. The monoisotopic (exact) mass is 323 g/mol. The Bertz CT molecular complexity index is 571. The first-order chi connectivity index (χ1) is 11.0.